The number of para-hydroxylation sites is 1. The van der Waals surface area contributed by atoms with Crippen molar-refractivity contribution in [3.8, 4) is 0 Å². The highest BCUT2D eigenvalue weighted by atomic mass is 16.6. The van der Waals surface area contributed by atoms with E-state index < -0.39 is 47.1 Å². The predicted molar refractivity (Wildman–Crippen MR) is 165 cm³/mol. The number of aromatic nitrogens is 1. The molecule has 0 spiro atoms. The topological polar surface area (TPSA) is 130 Å². The molecule has 3 N–H and O–H groups in total. The summed E-state index contributed by atoms with van der Waals surface area (Å²) in [6.07, 6.45) is 2.08. The number of carbonyl (C=O) groups excluding carboxylic acids is 4. The zero-order valence-electron chi connectivity index (χ0n) is 26.2. The summed E-state index contributed by atoms with van der Waals surface area (Å²) in [5, 5.41) is 6.35. The Bertz CT molecular complexity index is 1410. The first-order chi connectivity index (χ1) is 20.2. The third-order valence-corrected chi connectivity index (χ3v) is 7.01. The van der Waals surface area contributed by atoms with E-state index in [2.05, 4.69) is 15.6 Å². The van der Waals surface area contributed by atoms with E-state index in [1.807, 2.05) is 54.6 Å². The van der Waals surface area contributed by atoms with Crippen molar-refractivity contribution in [2.24, 2.45) is 0 Å². The number of H-pyrrole nitrogens is 1. The third kappa shape index (κ3) is 9.33. The molecular weight excluding hydrogens is 548 g/mol. The molecule has 10 heteroatoms. The number of carbonyl (C=O) groups is 4. The molecule has 10 nitrogen and oxygen atoms in total. The van der Waals surface area contributed by atoms with Gasteiger partial charge >= 0.3 is 12.1 Å². The number of alkyl carbamates (subject to hydrolysis) is 1. The molecule has 2 atom stereocenters. The number of esters is 1. The number of aromatic amines is 1. The van der Waals surface area contributed by atoms with Crippen LogP contribution in [0.3, 0.4) is 0 Å². The zero-order chi connectivity index (χ0) is 31.8. The molecule has 232 valence electrons. The molecule has 0 aliphatic rings. The summed E-state index contributed by atoms with van der Waals surface area (Å²) in [5.74, 6) is -1.56. The third-order valence-electron chi connectivity index (χ3n) is 7.01. The fraction of sp³-hybridized carbons (Fsp3) is 0.455. The zero-order valence-corrected chi connectivity index (χ0v) is 26.2. The summed E-state index contributed by atoms with van der Waals surface area (Å²) >= 11 is 0. The number of hydrogen-bond donors (Lipinski definition) is 3. The highest BCUT2D eigenvalue weighted by molar-refractivity contribution is 5.95. The van der Waals surface area contributed by atoms with Crippen molar-refractivity contribution in [2.45, 2.75) is 84.0 Å². The Morgan fingerprint density at radius 2 is 1.60 bits per heavy atom. The normalized spacial score (nSPS) is 13.1. The molecule has 0 radical (unpaired) electrons. The molecule has 0 fully saturated rings. The van der Waals surface area contributed by atoms with Crippen LogP contribution < -0.4 is 10.6 Å². The monoisotopic (exact) mass is 592 g/mol. The fourth-order valence-electron chi connectivity index (χ4n) is 4.73. The lowest BCUT2D eigenvalue weighted by Crippen LogP contribution is -2.60. The van der Waals surface area contributed by atoms with Crippen molar-refractivity contribution in [3.05, 3.63) is 71.9 Å². The lowest BCUT2D eigenvalue weighted by atomic mass is 9.99. The molecule has 43 heavy (non-hydrogen) atoms. The van der Waals surface area contributed by atoms with Crippen LogP contribution in [-0.2, 0) is 36.7 Å². The predicted octanol–water partition coefficient (Wildman–Crippen LogP) is 4.52. The van der Waals surface area contributed by atoms with Crippen LogP contribution in [0.4, 0.5) is 4.79 Å². The van der Waals surface area contributed by atoms with Gasteiger partial charge in [0.25, 0.3) is 0 Å². The van der Waals surface area contributed by atoms with Crippen LogP contribution in [0.5, 0.6) is 0 Å². The van der Waals surface area contributed by atoms with E-state index in [1.165, 1.54) is 18.7 Å². The number of fused-ring (bicyclic) bond motifs is 1. The number of rotatable bonds is 12. The molecule has 2 aromatic carbocycles. The second-order valence-electron chi connectivity index (χ2n) is 12.1. The Kier molecular flexibility index (Phi) is 11.0. The van der Waals surface area contributed by atoms with Gasteiger partial charge in [0, 0.05) is 30.6 Å². The Morgan fingerprint density at radius 1 is 0.953 bits per heavy atom. The summed E-state index contributed by atoms with van der Waals surface area (Å²) in [7, 11) is 1.55. The minimum atomic E-state index is -1.41. The molecule has 0 aliphatic carbocycles. The van der Waals surface area contributed by atoms with Crippen LogP contribution in [0, 0.1) is 0 Å². The smallest absolute Gasteiger partial charge is 0.408 e. The molecule has 0 saturated carbocycles. The van der Waals surface area contributed by atoms with Crippen molar-refractivity contribution in [2.75, 3.05) is 13.7 Å². The summed E-state index contributed by atoms with van der Waals surface area (Å²) in [5.41, 5.74) is 0.569. The van der Waals surface area contributed by atoms with Gasteiger partial charge in [0.2, 0.25) is 11.8 Å². The van der Waals surface area contributed by atoms with Gasteiger partial charge in [0.05, 0.1) is 6.61 Å². The van der Waals surface area contributed by atoms with Gasteiger partial charge in [0.1, 0.15) is 23.2 Å². The average molecular weight is 593 g/mol. The van der Waals surface area contributed by atoms with Crippen LogP contribution in [-0.4, -0.2) is 70.6 Å². The molecule has 3 aromatic rings. The van der Waals surface area contributed by atoms with Crippen molar-refractivity contribution in [1.29, 1.82) is 0 Å². The maximum Gasteiger partial charge on any atom is 0.408 e. The molecule has 0 aliphatic heterocycles. The number of amides is 3. The number of benzene rings is 2. The lowest BCUT2D eigenvalue weighted by molar-refractivity contribution is -0.155. The molecule has 1 heterocycles. The van der Waals surface area contributed by atoms with E-state index in [0.717, 1.165) is 22.0 Å². The maximum atomic E-state index is 14.1. The Balaban J connectivity index is 1.89. The number of nitrogens with zero attached hydrogens (tertiary/aromatic N) is 1. The first kappa shape index (κ1) is 33.2. The minimum absolute atomic E-state index is 0.148. The van der Waals surface area contributed by atoms with Gasteiger partial charge in [-0.3, -0.25) is 9.59 Å². The molecule has 0 saturated heterocycles. The summed E-state index contributed by atoms with van der Waals surface area (Å²) in [6.45, 7) is 10.1. The Morgan fingerprint density at radius 3 is 2.26 bits per heavy atom. The van der Waals surface area contributed by atoms with Gasteiger partial charge < -0.3 is 30.0 Å². The van der Waals surface area contributed by atoms with E-state index in [1.54, 1.807) is 40.9 Å². The van der Waals surface area contributed by atoms with Crippen molar-refractivity contribution in [1.82, 2.24) is 20.5 Å². The fourth-order valence-corrected chi connectivity index (χ4v) is 4.73. The highest BCUT2D eigenvalue weighted by Crippen LogP contribution is 2.21. The Hall–Kier alpha value is -4.34. The quantitative estimate of drug-likeness (QED) is 0.265. The largest absolute Gasteiger partial charge is 0.464 e. The van der Waals surface area contributed by atoms with Gasteiger partial charge in [-0.1, -0.05) is 48.5 Å². The van der Waals surface area contributed by atoms with E-state index >= 15 is 0 Å². The van der Waals surface area contributed by atoms with Gasteiger partial charge in [0.15, 0.2) is 0 Å². The van der Waals surface area contributed by atoms with Gasteiger partial charge in [-0.05, 0) is 71.6 Å². The second kappa shape index (κ2) is 14.2. The van der Waals surface area contributed by atoms with Crippen molar-refractivity contribution in [3.63, 3.8) is 0 Å². The number of aryl methyl sites for hydroxylation is 1. The number of nitrogens with one attached hydrogen (secondary N) is 3. The molecule has 3 amide bonds. The number of ether oxygens (including phenoxy) is 2. The SMILES string of the molecule is CCOC(=O)[C@@H](CCc1ccccc1)N(C)C(=O)C(Cc1c[nH]c2ccccc12)NC(=O)C(C)(C)NC(=O)OC(C)(C)C. The van der Waals surface area contributed by atoms with Crippen LogP contribution in [0.15, 0.2) is 60.8 Å². The number of likely N-dealkylation sites (N-methyl/N-ethyl adjacent to an activating group) is 1. The molecule has 3 rings (SSSR count). The van der Waals surface area contributed by atoms with Gasteiger partial charge in [-0.2, -0.15) is 0 Å². The standard InChI is InChI=1S/C33H44N4O6/c1-8-42-29(39)27(19-18-22-14-10-9-11-15-22)37(7)28(38)26(20-23-21-34-25-17-13-12-16-24(23)25)35-30(40)33(5,6)36-31(41)43-32(2,3)4/h9-17,21,26-27,34H,8,18-20H2,1-7H3,(H,35,40)(H,36,41)/t26?,27-/m1/s1. The first-order valence-electron chi connectivity index (χ1n) is 14.6. The second-order valence-corrected chi connectivity index (χ2v) is 12.1. The summed E-state index contributed by atoms with van der Waals surface area (Å²) in [6, 6.07) is 15.4. The number of hydrogen-bond acceptors (Lipinski definition) is 6. The van der Waals surface area contributed by atoms with E-state index in [0.29, 0.717) is 12.8 Å². The van der Waals surface area contributed by atoms with Crippen molar-refractivity contribution >= 4 is 34.8 Å². The summed E-state index contributed by atoms with van der Waals surface area (Å²) in [4.78, 5) is 57.8. The molecule has 1 unspecified atom stereocenters. The van der Waals surface area contributed by atoms with Crippen LogP contribution >= 0.6 is 0 Å². The first-order valence-corrected chi connectivity index (χ1v) is 14.6. The highest BCUT2D eigenvalue weighted by Gasteiger charge is 2.37. The molecular formula is C33H44N4O6. The molecule has 1 aromatic heterocycles. The van der Waals surface area contributed by atoms with Gasteiger partial charge in [-0.25, -0.2) is 9.59 Å². The Labute approximate surface area is 253 Å². The maximum absolute atomic E-state index is 14.1. The minimum Gasteiger partial charge on any atom is -0.464 e. The van der Waals surface area contributed by atoms with Gasteiger partial charge in [-0.15, -0.1) is 0 Å². The van der Waals surface area contributed by atoms with Crippen LogP contribution in [0.25, 0.3) is 10.9 Å². The van der Waals surface area contributed by atoms with E-state index in [-0.39, 0.29) is 13.0 Å². The van der Waals surface area contributed by atoms with Crippen molar-refractivity contribution < 1.29 is 28.7 Å². The van der Waals surface area contributed by atoms with E-state index in [9.17, 15) is 19.2 Å². The molecule has 0 bridgehead atoms. The van der Waals surface area contributed by atoms with E-state index in [4.69, 9.17) is 9.47 Å². The van der Waals surface area contributed by atoms with Crippen LogP contribution in [0.1, 0.15) is 59.1 Å². The average Bonchev–Trinajstić information content (AvgIpc) is 3.34. The van der Waals surface area contributed by atoms with Crippen LogP contribution in [0.2, 0.25) is 0 Å². The lowest BCUT2D eigenvalue weighted by Gasteiger charge is -2.33. The summed E-state index contributed by atoms with van der Waals surface area (Å²) < 4.78 is 10.7.